The maximum atomic E-state index is 13.7. The van der Waals surface area contributed by atoms with Crippen molar-refractivity contribution >= 4 is 15.7 Å². The summed E-state index contributed by atoms with van der Waals surface area (Å²) in [6.07, 6.45) is 0. The van der Waals surface area contributed by atoms with E-state index in [1.807, 2.05) is 13.8 Å². The van der Waals surface area contributed by atoms with Gasteiger partial charge in [0, 0.05) is 18.8 Å². The first-order chi connectivity index (χ1) is 8.73. The van der Waals surface area contributed by atoms with Crippen LogP contribution in [-0.4, -0.2) is 25.8 Å². The van der Waals surface area contributed by atoms with Gasteiger partial charge in [-0.1, -0.05) is 13.8 Å². The van der Waals surface area contributed by atoms with Crippen LogP contribution in [0.1, 0.15) is 13.8 Å². The molecular weight excluding hydrogens is 274 g/mol. The largest absolute Gasteiger partial charge is 0.399 e. The molecule has 1 aromatic carbocycles. The number of nitrogen functional groups attached to an aromatic ring is 1. The number of halogens is 2. The topological polar surface area (TPSA) is 63.4 Å². The van der Waals surface area contributed by atoms with Gasteiger partial charge in [0.1, 0.15) is 11.6 Å². The van der Waals surface area contributed by atoms with E-state index in [2.05, 4.69) is 0 Å². The highest BCUT2D eigenvalue weighted by Gasteiger charge is 2.38. The van der Waals surface area contributed by atoms with Gasteiger partial charge in [-0.05, 0) is 24.0 Å². The second kappa shape index (κ2) is 4.72. The second-order valence-electron chi connectivity index (χ2n) is 5.09. The molecule has 2 rings (SSSR count). The van der Waals surface area contributed by atoms with E-state index >= 15 is 0 Å². The standard InChI is InChI=1S/C12H16F2N2O2S/c1-7-5-16(6-8(7)2)19(17,18)12-10(13)3-9(15)4-11(12)14/h3-4,7-8H,5-6,15H2,1-2H3. The van der Waals surface area contributed by atoms with Crippen LogP contribution in [0.25, 0.3) is 0 Å². The molecule has 0 radical (unpaired) electrons. The molecule has 2 N–H and O–H groups in total. The zero-order valence-corrected chi connectivity index (χ0v) is 11.5. The maximum absolute atomic E-state index is 13.7. The normalized spacial score (nSPS) is 24.8. The molecule has 4 nitrogen and oxygen atoms in total. The van der Waals surface area contributed by atoms with Crippen LogP contribution in [0.4, 0.5) is 14.5 Å². The average Bonchev–Trinajstić information content (AvgIpc) is 2.57. The summed E-state index contributed by atoms with van der Waals surface area (Å²) in [6.45, 7) is 4.37. The Morgan fingerprint density at radius 3 is 2.00 bits per heavy atom. The number of anilines is 1. The van der Waals surface area contributed by atoms with Crippen molar-refractivity contribution in [1.29, 1.82) is 0 Å². The van der Waals surface area contributed by atoms with E-state index < -0.39 is 26.6 Å². The van der Waals surface area contributed by atoms with Gasteiger partial charge >= 0.3 is 0 Å². The third-order valence-corrected chi connectivity index (χ3v) is 5.46. The van der Waals surface area contributed by atoms with E-state index in [1.165, 1.54) is 0 Å². The van der Waals surface area contributed by atoms with Crippen molar-refractivity contribution in [3.05, 3.63) is 23.8 Å². The Kier molecular flexibility index (Phi) is 3.53. The van der Waals surface area contributed by atoms with E-state index in [9.17, 15) is 17.2 Å². The smallest absolute Gasteiger partial charge is 0.248 e. The monoisotopic (exact) mass is 290 g/mol. The maximum Gasteiger partial charge on any atom is 0.248 e. The van der Waals surface area contributed by atoms with E-state index in [-0.39, 0.29) is 30.6 Å². The minimum absolute atomic E-state index is 0.142. The van der Waals surface area contributed by atoms with Gasteiger partial charge in [-0.15, -0.1) is 0 Å². The van der Waals surface area contributed by atoms with Crippen LogP contribution >= 0.6 is 0 Å². The Bertz CT molecular complexity index is 571. The molecule has 0 amide bonds. The average molecular weight is 290 g/mol. The van der Waals surface area contributed by atoms with Crippen LogP contribution < -0.4 is 5.73 Å². The van der Waals surface area contributed by atoms with Crippen molar-refractivity contribution in [2.45, 2.75) is 18.7 Å². The highest BCUT2D eigenvalue weighted by molar-refractivity contribution is 7.89. The quantitative estimate of drug-likeness (QED) is 0.845. The first-order valence-corrected chi connectivity index (χ1v) is 7.42. The van der Waals surface area contributed by atoms with Crippen LogP contribution in [0.5, 0.6) is 0 Å². The number of nitrogens with two attached hydrogens (primary N) is 1. The highest BCUT2D eigenvalue weighted by atomic mass is 32.2. The zero-order valence-electron chi connectivity index (χ0n) is 10.7. The number of rotatable bonds is 2. The van der Waals surface area contributed by atoms with E-state index in [4.69, 9.17) is 5.73 Å². The number of nitrogens with zero attached hydrogens (tertiary/aromatic N) is 1. The number of benzene rings is 1. The zero-order chi connectivity index (χ0) is 14.4. The Labute approximate surface area is 111 Å². The van der Waals surface area contributed by atoms with Gasteiger partial charge in [0.05, 0.1) is 0 Å². The summed E-state index contributed by atoms with van der Waals surface area (Å²) in [6, 6.07) is 1.64. The molecule has 7 heteroatoms. The first-order valence-electron chi connectivity index (χ1n) is 5.98. The molecule has 1 saturated heterocycles. The summed E-state index contributed by atoms with van der Waals surface area (Å²) in [5.74, 6) is -1.97. The van der Waals surface area contributed by atoms with Crippen LogP contribution in [0.15, 0.2) is 17.0 Å². The van der Waals surface area contributed by atoms with Crippen molar-refractivity contribution in [1.82, 2.24) is 4.31 Å². The second-order valence-corrected chi connectivity index (χ2v) is 6.97. The molecule has 1 fully saturated rings. The van der Waals surface area contributed by atoms with Crippen LogP contribution in [0, 0.1) is 23.5 Å². The lowest BCUT2D eigenvalue weighted by Gasteiger charge is -2.17. The Morgan fingerprint density at radius 1 is 1.16 bits per heavy atom. The van der Waals surface area contributed by atoms with Gasteiger partial charge in [0.2, 0.25) is 10.0 Å². The Hall–Kier alpha value is -1.21. The number of hydrogen-bond donors (Lipinski definition) is 1. The van der Waals surface area contributed by atoms with Crippen LogP contribution in [0.2, 0.25) is 0 Å². The Balaban J connectivity index is 2.47. The lowest BCUT2D eigenvalue weighted by molar-refractivity contribution is 0.445. The van der Waals surface area contributed by atoms with Gasteiger partial charge in [-0.3, -0.25) is 0 Å². The van der Waals surface area contributed by atoms with Crippen molar-refractivity contribution in [2.75, 3.05) is 18.8 Å². The van der Waals surface area contributed by atoms with Crippen molar-refractivity contribution in [3.8, 4) is 0 Å². The molecule has 1 heterocycles. The summed E-state index contributed by atoms with van der Waals surface area (Å²) in [5, 5.41) is 0. The molecule has 1 aromatic rings. The first kappa shape index (κ1) is 14.2. The van der Waals surface area contributed by atoms with Gasteiger partial charge in [-0.2, -0.15) is 4.31 Å². The van der Waals surface area contributed by atoms with Crippen molar-refractivity contribution in [3.63, 3.8) is 0 Å². The predicted molar refractivity (Wildman–Crippen MR) is 67.9 cm³/mol. The van der Waals surface area contributed by atoms with Gasteiger partial charge in [0.15, 0.2) is 4.90 Å². The molecule has 0 spiro atoms. The Morgan fingerprint density at radius 2 is 1.58 bits per heavy atom. The lowest BCUT2D eigenvalue weighted by atomic mass is 10.0. The molecule has 0 aromatic heterocycles. The van der Waals surface area contributed by atoms with Gasteiger partial charge in [-0.25, -0.2) is 17.2 Å². The van der Waals surface area contributed by atoms with E-state index in [0.717, 1.165) is 16.4 Å². The van der Waals surface area contributed by atoms with Gasteiger partial charge < -0.3 is 5.73 Å². The van der Waals surface area contributed by atoms with Crippen LogP contribution in [-0.2, 0) is 10.0 Å². The molecular formula is C12H16F2N2O2S. The molecule has 1 aliphatic heterocycles. The summed E-state index contributed by atoms with van der Waals surface area (Å²) in [5.41, 5.74) is 5.14. The van der Waals surface area contributed by atoms with E-state index in [1.54, 1.807) is 0 Å². The van der Waals surface area contributed by atoms with Crippen molar-refractivity contribution in [2.24, 2.45) is 11.8 Å². The third-order valence-electron chi connectivity index (χ3n) is 3.57. The SMILES string of the molecule is CC1CN(S(=O)(=O)c2c(F)cc(N)cc2F)CC1C. The molecule has 1 aliphatic rings. The molecule has 0 saturated carbocycles. The fourth-order valence-corrected chi connectivity index (χ4v) is 3.96. The summed E-state index contributed by atoms with van der Waals surface area (Å²) >= 11 is 0. The van der Waals surface area contributed by atoms with Crippen molar-refractivity contribution < 1.29 is 17.2 Å². The third kappa shape index (κ3) is 2.44. The molecule has 0 bridgehead atoms. The summed E-state index contributed by atoms with van der Waals surface area (Å²) in [7, 11) is -4.15. The predicted octanol–water partition coefficient (Wildman–Crippen LogP) is 1.82. The lowest BCUT2D eigenvalue weighted by Crippen LogP contribution is -2.30. The minimum Gasteiger partial charge on any atom is -0.399 e. The highest BCUT2D eigenvalue weighted by Crippen LogP contribution is 2.31. The van der Waals surface area contributed by atoms with Gasteiger partial charge in [0.25, 0.3) is 0 Å². The van der Waals surface area contributed by atoms with Crippen LogP contribution in [0.3, 0.4) is 0 Å². The molecule has 2 unspecified atom stereocenters. The summed E-state index contributed by atoms with van der Waals surface area (Å²) in [4.78, 5) is -0.914. The number of sulfonamides is 1. The van der Waals surface area contributed by atoms with E-state index in [0.29, 0.717) is 0 Å². The fraction of sp³-hybridized carbons (Fsp3) is 0.500. The minimum atomic E-state index is -4.15. The number of hydrogen-bond acceptors (Lipinski definition) is 3. The molecule has 106 valence electrons. The molecule has 0 aliphatic carbocycles. The summed E-state index contributed by atoms with van der Waals surface area (Å²) < 4.78 is 53.1. The molecule has 2 atom stereocenters. The fourth-order valence-electron chi connectivity index (χ4n) is 2.23. The molecule has 19 heavy (non-hydrogen) atoms.